The minimum atomic E-state index is -3.61. The first-order valence-electron chi connectivity index (χ1n) is 5.89. The Labute approximate surface area is 120 Å². The molecule has 0 bridgehead atoms. The molecule has 1 unspecified atom stereocenters. The van der Waals surface area contributed by atoms with E-state index in [1.165, 1.54) is 16.4 Å². The third-order valence-electron chi connectivity index (χ3n) is 3.18. The highest BCUT2D eigenvalue weighted by atomic mass is 79.9. The van der Waals surface area contributed by atoms with E-state index in [4.69, 9.17) is 4.74 Å². The van der Waals surface area contributed by atoms with Gasteiger partial charge >= 0.3 is 0 Å². The third-order valence-corrected chi connectivity index (χ3v) is 5.68. The van der Waals surface area contributed by atoms with E-state index in [0.29, 0.717) is 19.7 Å². The first-order valence-corrected chi connectivity index (χ1v) is 8.12. The Morgan fingerprint density at radius 1 is 1.53 bits per heavy atom. The second-order valence-electron chi connectivity index (χ2n) is 4.55. The van der Waals surface area contributed by atoms with E-state index >= 15 is 0 Å². The van der Waals surface area contributed by atoms with Crippen molar-refractivity contribution in [1.29, 1.82) is 0 Å². The number of ether oxygens (including phenoxy) is 1. The first kappa shape index (κ1) is 14.9. The molecule has 0 aromatic heterocycles. The van der Waals surface area contributed by atoms with Crippen molar-refractivity contribution in [3.05, 3.63) is 28.5 Å². The van der Waals surface area contributed by atoms with Crippen LogP contribution >= 0.6 is 15.9 Å². The summed E-state index contributed by atoms with van der Waals surface area (Å²) in [4.78, 5) is -0.00809. The van der Waals surface area contributed by atoms with Gasteiger partial charge in [-0.15, -0.1) is 0 Å². The molecule has 1 heterocycles. The van der Waals surface area contributed by atoms with E-state index in [9.17, 15) is 12.8 Å². The van der Waals surface area contributed by atoms with Gasteiger partial charge in [-0.05, 0) is 46.5 Å². The van der Waals surface area contributed by atoms with Gasteiger partial charge in [0.1, 0.15) is 5.82 Å². The Morgan fingerprint density at radius 3 is 2.89 bits per heavy atom. The van der Waals surface area contributed by atoms with Crippen LogP contribution in [0.5, 0.6) is 0 Å². The zero-order valence-electron chi connectivity index (χ0n) is 10.5. The van der Waals surface area contributed by atoms with Crippen molar-refractivity contribution in [2.24, 2.45) is 5.92 Å². The standard InChI is InChI=1S/C12H15BrFNO3S/c1-18-8-9-4-5-15(7-9)19(16,17)10-2-3-11(13)12(14)6-10/h2-3,6,9H,4-5,7-8H2,1H3. The number of benzene rings is 1. The van der Waals surface area contributed by atoms with Crippen molar-refractivity contribution >= 4 is 26.0 Å². The van der Waals surface area contributed by atoms with Gasteiger partial charge in [-0.1, -0.05) is 0 Å². The first-order chi connectivity index (χ1) is 8.95. The lowest BCUT2D eigenvalue weighted by atomic mass is 10.1. The van der Waals surface area contributed by atoms with Crippen LogP contribution in [0.15, 0.2) is 27.6 Å². The van der Waals surface area contributed by atoms with Crippen LogP contribution in [0.3, 0.4) is 0 Å². The maximum absolute atomic E-state index is 13.4. The van der Waals surface area contributed by atoms with E-state index in [-0.39, 0.29) is 15.3 Å². The normalized spacial score (nSPS) is 20.9. The van der Waals surface area contributed by atoms with E-state index in [1.54, 1.807) is 7.11 Å². The zero-order chi connectivity index (χ0) is 14.0. The lowest BCUT2D eigenvalue weighted by molar-refractivity contribution is 0.157. The van der Waals surface area contributed by atoms with Gasteiger partial charge in [-0.2, -0.15) is 4.31 Å². The molecule has 1 fully saturated rings. The van der Waals surface area contributed by atoms with E-state index in [0.717, 1.165) is 12.5 Å². The van der Waals surface area contributed by atoms with Crippen LogP contribution in [0.2, 0.25) is 0 Å². The summed E-state index contributed by atoms with van der Waals surface area (Å²) in [6.45, 7) is 1.42. The van der Waals surface area contributed by atoms with Gasteiger partial charge in [0.25, 0.3) is 0 Å². The van der Waals surface area contributed by atoms with Crippen LogP contribution in [0.25, 0.3) is 0 Å². The van der Waals surface area contributed by atoms with Crippen molar-refractivity contribution in [3.63, 3.8) is 0 Å². The predicted octanol–water partition coefficient (Wildman–Crippen LogP) is 2.25. The Kier molecular flexibility index (Phi) is 4.60. The molecule has 1 atom stereocenters. The predicted molar refractivity (Wildman–Crippen MR) is 72.8 cm³/mol. The van der Waals surface area contributed by atoms with Gasteiger partial charge in [0.2, 0.25) is 10.0 Å². The Hall–Kier alpha value is -0.500. The molecular weight excluding hydrogens is 337 g/mol. The van der Waals surface area contributed by atoms with Gasteiger partial charge < -0.3 is 4.74 Å². The second kappa shape index (κ2) is 5.87. The molecule has 1 saturated heterocycles. The molecule has 4 nitrogen and oxygen atoms in total. The Balaban J connectivity index is 2.21. The summed E-state index contributed by atoms with van der Waals surface area (Å²) in [5, 5.41) is 0. The monoisotopic (exact) mass is 351 g/mol. The van der Waals surface area contributed by atoms with Crippen molar-refractivity contribution in [3.8, 4) is 0 Å². The van der Waals surface area contributed by atoms with Gasteiger partial charge in [0, 0.05) is 20.2 Å². The molecule has 19 heavy (non-hydrogen) atoms. The largest absolute Gasteiger partial charge is 0.384 e. The van der Waals surface area contributed by atoms with Crippen molar-refractivity contribution in [1.82, 2.24) is 4.31 Å². The SMILES string of the molecule is COCC1CCN(S(=O)(=O)c2ccc(Br)c(F)c2)C1. The molecule has 1 aromatic carbocycles. The van der Waals surface area contributed by atoms with E-state index < -0.39 is 15.8 Å². The summed E-state index contributed by atoms with van der Waals surface area (Å²) in [7, 11) is -2.01. The average Bonchev–Trinajstić information content (AvgIpc) is 2.82. The van der Waals surface area contributed by atoms with E-state index in [2.05, 4.69) is 15.9 Å². The summed E-state index contributed by atoms with van der Waals surface area (Å²) in [6, 6.07) is 3.86. The highest BCUT2D eigenvalue weighted by Gasteiger charge is 2.32. The molecule has 1 aliphatic heterocycles. The minimum absolute atomic E-state index is 0.00809. The highest BCUT2D eigenvalue weighted by molar-refractivity contribution is 9.10. The number of rotatable bonds is 4. The molecule has 0 spiro atoms. The van der Waals surface area contributed by atoms with Crippen molar-refractivity contribution < 1.29 is 17.5 Å². The number of nitrogens with zero attached hydrogens (tertiary/aromatic N) is 1. The number of hydrogen-bond acceptors (Lipinski definition) is 3. The summed E-state index contributed by atoms with van der Waals surface area (Å²) in [5.41, 5.74) is 0. The fourth-order valence-electron chi connectivity index (χ4n) is 2.17. The molecule has 0 radical (unpaired) electrons. The minimum Gasteiger partial charge on any atom is -0.384 e. The Bertz CT molecular complexity index is 564. The lowest BCUT2D eigenvalue weighted by Gasteiger charge is -2.16. The summed E-state index contributed by atoms with van der Waals surface area (Å²) in [6.07, 6.45) is 0.770. The molecule has 0 N–H and O–H groups in total. The third kappa shape index (κ3) is 3.16. The fourth-order valence-corrected chi connectivity index (χ4v) is 3.96. The number of methoxy groups -OCH3 is 1. The molecule has 106 valence electrons. The van der Waals surface area contributed by atoms with Crippen molar-refractivity contribution in [2.75, 3.05) is 26.8 Å². The maximum Gasteiger partial charge on any atom is 0.243 e. The van der Waals surface area contributed by atoms with E-state index in [1.807, 2.05) is 0 Å². The average molecular weight is 352 g/mol. The van der Waals surface area contributed by atoms with Gasteiger partial charge in [0.15, 0.2) is 0 Å². The zero-order valence-corrected chi connectivity index (χ0v) is 12.9. The number of sulfonamides is 1. The molecule has 0 saturated carbocycles. The number of hydrogen-bond donors (Lipinski definition) is 0. The van der Waals surface area contributed by atoms with Crippen LogP contribution < -0.4 is 0 Å². The van der Waals surface area contributed by atoms with Gasteiger partial charge in [-0.3, -0.25) is 0 Å². The molecule has 0 amide bonds. The topological polar surface area (TPSA) is 46.6 Å². The van der Waals surface area contributed by atoms with Crippen LogP contribution in [0.1, 0.15) is 6.42 Å². The fraction of sp³-hybridized carbons (Fsp3) is 0.500. The van der Waals surface area contributed by atoms with Gasteiger partial charge in [-0.25, -0.2) is 12.8 Å². The molecule has 1 aliphatic rings. The quantitative estimate of drug-likeness (QED) is 0.835. The Morgan fingerprint density at radius 2 is 2.26 bits per heavy atom. The van der Waals surface area contributed by atoms with Crippen LogP contribution in [0, 0.1) is 11.7 Å². The summed E-state index contributed by atoms with van der Waals surface area (Å²) in [5.74, 6) is -0.367. The van der Waals surface area contributed by atoms with Crippen molar-refractivity contribution in [2.45, 2.75) is 11.3 Å². The molecular formula is C12H15BrFNO3S. The summed E-state index contributed by atoms with van der Waals surface area (Å²) >= 11 is 3.01. The summed E-state index contributed by atoms with van der Waals surface area (Å²) < 4.78 is 44.8. The maximum atomic E-state index is 13.4. The second-order valence-corrected chi connectivity index (χ2v) is 7.34. The number of halogens is 2. The molecule has 0 aliphatic carbocycles. The van der Waals surface area contributed by atoms with Crippen LogP contribution in [0.4, 0.5) is 4.39 Å². The lowest BCUT2D eigenvalue weighted by Crippen LogP contribution is -2.29. The van der Waals surface area contributed by atoms with Gasteiger partial charge in [0.05, 0.1) is 16.0 Å². The highest BCUT2D eigenvalue weighted by Crippen LogP contribution is 2.26. The van der Waals surface area contributed by atoms with Crippen LogP contribution in [-0.2, 0) is 14.8 Å². The molecule has 2 rings (SSSR count). The molecule has 7 heteroatoms. The molecule has 1 aromatic rings. The smallest absolute Gasteiger partial charge is 0.243 e. The van der Waals surface area contributed by atoms with Crippen LogP contribution in [-0.4, -0.2) is 39.5 Å².